The summed E-state index contributed by atoms with van der Waals surface area (Å²) >= 11 is 9.12. The van der Waals surface area contributed by atoms with Gasteiger partial charge in [0.1, 0.15) is 10.7 Å². The first-order valence-electron chi connectivity index (χ1n) is 6.02. The van der Waals surface area contributed by atoms with Crippen LogP contribution >= 0.6 is 27.5 Å². The summed E-state index contributed by atoms with van der Waals surface area (Å²) in [7, 11) is -3.83. The van der Waals surface area contributed by atoms with Gasteiger partial charge in [-0.1, -0.05) is 39.7 Å². The Hall–Kier alpha value is -0.950. The second kappa shape index (κ2) is 6.44. The molecule has 0 aliphatic rings. The second-order valence-corrected chi connectivity index (χ2v) is 7.47. The van der Waals surface area contributed by atoms with Gasteiger partial charge >= 0.3 is 0 Å². The smallest absolute Gasteiger partial charge is 0.207 e. The predicted octanol–water partition coefficient (Wildman–Crippen LogP) is 4.28. The van der Waals surface area contributed by atoms with Crippen LogP contribution in [0.15, 0.2) is 51.8 Å². The lowest BCUT2D eigenvalue weighted by molar-refractivity contribution is 0.566. The largest absolute Gasteiger partial charge is 0.242 e. The number of sulfonamides is 1. The lowest BCUT2D eigenvalue weighted by atomic mass is 10.1. The van der Waals surface area contributed by atoms with E-state index in [1.165, 1.54) is 0 Å². The highest BCUT2D eigenvalue weighted by Crippen LogP contribution is 2.24. The third kappa shape index (κ3) is 4.03. The summed E-state index contributed by atoms with van der Waals surface area (Å²) in [6, 6.07) is 10.0. The average Bonchev–Trinajstić information content (AvgIpc) is 2.38. The molecule has 0 amide bonds. The monoisotopic (exact) mass is 391 g/mol. The van der Waals surface area contributed by atoms with E-state index in [1.54, 1.807) is 6.92 Å². The minimum atomic E-state index is -3.83. The molecule has 21 heavy (non-hydrogen) atoms. The van der Waals surface area contributed by atoms with Gasteiger partial charge in [0.25, 0.3) is 0 Å². The number of hydrogen-bond acceptors (Lipinski definition) is 2. The predicted molar refractivity (Wildman–Crippen MR) is 84.3 cm³/mol. The molecule has 0 radical (unpaired) electrons. The van der Waals surface area contributed by atoms with Crippen LogP contribution in [0.1, 0.15) is 18.5 Å². The highest BCUT2D eigenvalue weighted by Gasteiger charge is 2.21. The maximum Gasteiger partial charge on any atom is 0.242 e. The number of nitrogens with one attached hydrogen (secondary N) is 1. The first-order valence-corrected chi connectivity index (χ1v) is 8.68. The van der Waals surface area contributed by atoms with E-state index >= 15 is 0 Å². The Bertz CT molecular complexity index is 750. The maximum absolute atomic E-state index is 13.0. The molecule has 112 valence electrons. The molecular weight excluding hydrogens is 381 g/mol. The molecule has 0 aromatic heterocycles. The summed E-state index contributed by atoms with van der Waals surface area (Å²) in [6.07, 6.45) is 0. The summed E-state index contributed by atoms with van der Waals surface area (Å²) in [5.74, 6) is -0.583. The van der Waals surface area contributed by atoms with E-state index in [-0.39, 0.29) is 9.92 Å². The molecule has 0 saturated heterocycles. The molecule has 7 heteroatoms. The topological polar surface area (TPSA) is 46.2 Å². The van der Waals surface area contributed by atoms with Crippen molar-refractivity contribution >= 4 is 37.6 Å². The summed E-state index contributed by atoms with van der Waals surface area (Å²) < 4.78 is 41.0. The number of rotatable bonds is 4. The van der Waals surface area contributed by atoms with Crippen molar-refractivity contribution in [2.24, 2.45) is 0 Å². The lowest BCUT2D eigenvalue weighted by Crippen LogP contribution is -2.27. The van der Waals surface area contributed by atoms with Crippen LogP contribution in [0.3, 0.4) is 0 Å². The van der Waals surface area contributed by atoms with Gasteiger partial charge in [0.05, 0.1) is 5.02 Å². The Morgan fingerprint density at radius 3 is 2.38 bits per heavy atom. The van der Waals surface area contributed by atoms with Crippen LogP contribution < -0.4 is 4.72 Å². The van der Waals surface area contributed by atoms with Gasteiger partial charge in [-0.3, -0.25) is 0 Å². The van der Waals surface area contributed by atoms with Crippen LogP contribution in [0.5, 0.6) is 0 Å². The lowest BCUT2D eigenvalue weighted by Gasteiger charge is -2.15. The normalized spacial score (nSPS) is 13.1. The fraction of sp³-hybridized carbons (Fsp3) is 0.143. The van der Waals surface area contributed by atoms with Crippen molar-refractivity contribution in [1.82, 2.24) is 4.72 Å². The first kappa shape index (κ1) is 16.4. The van der Waals surface area contributed by atoms with Crippen molar-refractivity contribution in [2.75, 3.05) is 0 Å². The molecule has 3 nitrogen and oxygen atoms in total. The number of benzene rings is 2. The van der Waals surface area contributed by atoms with E-state index in [9.17, 15) is 12.8 Å². The Kier molecular flexibility index (Phi) is 5.03. The Morgan fingerprint density at radius 2 is 1.81 bits per heavy atom. The molecule has 1 N–H and O–H groups in total. The van der Waals surface area contributed by atoms with Crippen molar-refractivity contribution in [3.63, 3.8) is 0 Å². The van der Waals surface area contributed by atoms with Crippen molar-refractivity contribution in [2.45, 2.75) is 17.9 Å². The average molecular weight is 393 g/mol. The van der Waals surface area contributed by atoms with Gasteiger partial charge in [-0.15, -0.1) is 0 Å². The number of hydrogen-bond donors (Lipinski definition) is 1. The van der Waals surface area contributed by atoms with Crippen molar-refractivity contribution in [3.05, 3.63) is 63.3 Å². The minimum Gasteiger partial charge on any atom is -0.207 e. The second-order valence-electron chi connectivity index (χ2n) is 4.47. The van der Waals surface area contributed by atoms with E-state index in [0.717, 1.165) is 28.2 Å². The van der Waals surface area contributed by atoms with Crippen LogP contribution in [0.4, 0.5) is 4.39 Å². The third-order valence-electron chi connectivity index (χ3n) is 2.89. The van der Waals surface area contributed by atoms with Gasteiger partial charge in [0.2, 0.25) is 10.0 Å². The van der Waals surface area contributed by atoms with Gasteiger partial charge in [-0.2, -0.15) is 0 Å². The summed E-state index contributed by atoms with van der Waals surface area (Å²) in [4.78, 5) is -0.144. The molecule has 2 rings (SSSR count). The van der Waals surface area contributed by atoms with Crippen LogP contribution in [-0.2, 0) is 10.0 Å². The van der Waals surface area contributed by atoms with E-state index in [2.05, 4.69) is 20.7 Å². The molecule has 1 atom stereocenters. The van der Waals surface area contributed by atoms with Crippen molar-refractivity contribution in [1.29, 1.82) is 0 Å². The Morgan fingerprint density at radius 1 is 1.19 bits per heavy atom. The van der Waals surface area contributed by atoms with Gasteiger partial charge in [-0.25, -0.2) is 17.5 Å². The fourth-order valence-electron chi connectivity index (χ4n) is 1.81. The minimum absolute atomic E-state index is 0.144. The molecule has 1 unspecified atom stereocenters. The SMILES string of the molecule is CC(NS(=O)(=O)c1ccc(F)cc1Cl)c1ccc(Br)cc1. The van der Waals surface area contributed by atoms with Crippen molar-refractivity contribution < 1.29 is 12.8 Å². The van der Waals surface area contributed by atoms with E-state index in [1.807, 2.05) is 24.3 Å². The molecule has 2 aromatic carbocycles. The maximum atomic E-state index is 13.0. The summed E-state index contributed by atoms with van der Waals surface area (Å²) in [5.41, 5.74) is 0.806. The molecule has 0 fully saturated rings. The summed E-state index contributed by atoms with van der Waals surface area (Å²) in [5, 5.41) is -0.148. The van der Waals surface area contributed by atoms with Gasteiger partial charge in [0, 0.05) is 10.5 Å². The molecule has 0 bridgehead atoms. The molecule has 0 heterocycles. The highest BCUT2D eigenvalue weighted by molar-refractivity contribution is 9.10. The van der Waals surface area contributed by atoms with Gasteiger partial charge in [-0.05, 0) is 42.8 Å². The number of halogens is 3. The molecular formula is C14H12BrClFNO2S. The van der Waals surface area contributed by atoms with E-state index < -0.39 is 21.9 Å². The molecule has 0 aliphatic heterocycles. The Balaban J connectivity index is 2.26. The standard InChI is InChI=1S/C14H12BrClFNO2S/c1-9(10-2-4-11(15)5-3-10)18-21(19,20)14-7-6-12(17)8-13(14)16/h2-9,18H,1H3. The van der Waals surface area contributed by atoms with E-state index in [4.69, 9.17) is 11.6 Å². The van der Waals surface area contributed by atoms with Crippen LogP contribution in [0, 0.1) is 5.82 Å². The zero-order valence-corrected chi connectivity index (χ0v) is 14.1. The van der Waals surface area contributed by atoms with Gasteiger partial charge < -0.3 is 0 Å². The van der Waals surface area contributed by atoms with Gasteiger partial charge in [0.15, 0.2) is 0 Å². The molecule has 2 aromatic rings. The quantitative estimate of drug-likeness (QED) is 0.844. The zero-order chi connectivity index (χ0) is 15.6. The van der Waals surface area contributed by atoms with Crippen molar-refractivity contribution in [3.8, 4) is 0 Å². The molecule has 0 saturated carbocycles. The Labute approximate surface area is 136 Å². The highest BCUT2D eigenvalue weighted by atomic mass is 79.9. The molecule has 0 aliphatic carbocycles. The summed E-state index contributed by atoms with van der Waals surface area (Å²) in [6.45, 7) is 1.72. The third-order valence-corrected chi connectivity index (χ3v) is 5.44. The van der Waals surface area contributed by atoms with E-state index in [0.29, 0.717) is 0 Å². The fourth-order valence-corrected chi connectivity index (χ4v) is 3.84. The van der Waals surface area contributed by atoms with Crippen LogP contribution in [0.25, 0.3) is 0 Å². The van der Waals surface area contributed by atoms with Crippen LogP contribution in [0.2, 0.25) is 5.02 Å². The van der Waals surface area contributed by atoms with Crippen LogP contribution in [-0.4, -0.2) is 8.42 Å². The first-order chi connectivity index (χ1) is 9.79. The molecule has 0 spiro atoms. The zero-order valence-electron chi connectivity index (χ0n) is 11.0.